The summed E-state index contributed by atoms with van der Waals surface area (Å²) in [5.41, 5.74) is 5.07. The molecule has 0 saturated heterocycles. The van der Waals surface area contributed by atoms with Crippen molar-refractivity contribution >= 4 is 5.69 Å². The number of nitrogens with one attached hydrogen (secondary N) is 1. The van der Waals surface area contributed by atoms with Gasteiger partial charge in [-0.1, -0.05) is 13.8 Å². The van der Waals surface area contributed by atoms with Crippen molar-refractivity contribution in [2.24, 2.45) is 5.92 Å². The molecule has 0 aliphatic rings. The number of hydrogen-bond acceptors (Lipinski definition) is 5. The first-order chi connectivity index (χ1) is 7.61. The molecular formula is C10H17N3O3. The van der Waals surface area contributed by atoms with Crippen molar-refractivity contribution in [2.45, 2.75) is 13.8 Å². The van der Waals surface area contributed by atoms with Crippen LogP contribution in [0, 0.1) is 5.92 Å². The van der Waals surface area contributed by atoms with Gasteiger partial charge in [-0.05, 0) is 5.92 Å². The fourth-order valence-corrected chi connectivity index (χ4v) is 1.03. The Kier molecular flexibility index (Phi) is 4.78. The number of anilines is 1. The molecule has 0 radical (unpaired) electrons. The topological polar surface area (TPSA) is 90.2 Å². The first-order valence-corrected chi connectivity index (χ1v) is 5.15. The van der Waals surface area contributed by atoms with Crippen LogP contribution in [0.3, 0.4) is 0 Å². The third kappa shape index (κ3) is 3.90. The van der Waals surface area contributed by atoms with Crippen molar-refractivity contribution in [1.29, 1.82) is 0 Å². The van der Waals surface area contributed by atoms with Crippen molar-refractivity contribution in [3.63, 3.8) is 0 Å². The number of nitrogen functional groups attached to an aromatic ring is 1. The van der Waals surface area contributed by atoms with Crippen LogP contribution in [0.2, 0.25) is 0 Å². The van der Waals surface area contributed by atoms with E-state index in [-0.39, 0.29) is 11.6 Å². The lowest BCUT2D eigenvalue weighted by molar-refractivity contribution is 0.0808. The van der Waals surface area contributed by atoms with E-state index >= 15 is 0 Å². The van der Waals surface area contributed by atoms with Crippen molar-refractivity contribution in [3.8, 4) is 5.88 Å². The summed E-state index contributed by atoms with van der Waals surface area (Å²) >= 11 is 0. The molecule has 0 saturated carbocycles. The van der Waals surface area contributed by atoms with E-state index in [1.807, 2.05) is 0 Å². The van der Waals surface area contributed by atoms with Gasteiger partial charge in [-0.15, -0.1) is 0 Å². The Hall–Kier alpha value is -1.56. The maximum absolute atomic E-state index is 11.1. The standard InChI is InChI=1S/C10H17N3O3/c1-7(2)5-15-3-4-16-10-8(11)9(14)12-6-13-10/h6-7H,3-5,11H2,1-2H3,(H,12,13,14). The Labute approximate surface area is 93.8 Å². The molecule has 6 nitrogen and oxygen atoms in total. The highest BCUT2D eigenvalue weighted by Gasteiger charge is 2.04. The Balaban J connectivity index is 2.32. The van der Waals surface area contributed by atoms with E-state index in [2.05, 4.69) is 23.8 Å². The zero-order valence-electron chi connectivity index (χ0n) is 9.53. The number of ether oxygens (including phenoxy) is 2. The van der Waals surface area contributed by atoms with Gasteiger partial charge in [0, 0.05) is 6.61 Å². The second-order valence-corrected chi connectivity index (χ2v) is 3.77. The van der Waals surface area contributed by atoms with Gasteiger partial charge in [-0.3, -0.25) is 4.79 Å². The molecule has 3 N–H and O–H groups in total. The SMILES string of the molecule is CC(C)COCCOc1nc[nH]c(=O)c1N. The molecule has 16 heavy (non-hydrogen) atoms. The molecule has 1 heterocycles. The number of aromatic nitrogens is 2. The predicted molar refractivity (Wildman–Crippen MR) is 60.4 cm³/mol. The molecular weight excluding hydrogens is 210 g/mol. The summed E-state index contributed by atoms with van der Waals surface area (Å²) in [6, 6.07) is 0. The molecule has 0 aliphatic heterocycles. The number of rotatable bonds is 6. The minimum absolute atomic E-state index is 0.00800. The van der Waals surface area contributed by atoms with Crippen LogP contribution in [-0.4, -0.2) is 29.8 Å². The highest BCUT2D eigenvalue weighted by atomic mass is 16.5. The molecule has 0 bridgehead atoms. The first kappa shape index (κ1) is 12.5. The highest BCUT2D eigenvalue weighted by molar-refractivity contribution is 5.44. The summed E-state index contributed by atoms with van der Waals surface area (Å²) in [7, 11) is 0. The lowest BCUT2D eigenvalue weighted by atomic mass is 10.2. The quantitative estimate of drug-likeness (QED) is 0.687. The van der Waals surface area contributed by atoms with E-state index in [9.17, 15) is 4.79 Å². The molecule has 6 heteroatoms. The second-order valence-electron chi connectivity index (χ2n) is 3.77. The molecule has 0 amide bonds. The molecule has 0 atom stereocenters. The van der Waals surface area contributed by atoms with Crippen LogP contribution in [0.5, 0.6) is 5.88 Å². The highest BCUT2D eigenvalue weighted by Crippen LogP contribution is 2.09. The van der Waals surface area contributed by atoms with Gasteiger partial charge < -0.3 is 20.2 Å². The van der Waals surface area contributed by atoms with Gasteiger partial charge in [0.25, 0.3) is 5.56 Å². The minimum Gasteiger partial charge on any atom is -0.474 e. The zero-order valence-corrected chi connectivity index (χ0v) is 9.53. The molecule has 0 aliphatic carbocycles. The summed E-state index contributed by atoms with van der Waals surface area (Å²) in [6.07, 6.45) is 1.25. The molecule has 0 aromatic carbocycles. The zero-order chi connectivity index (χ0) is 12.0. The van der Waals surface area contributed by atoms with Crippen LogP contribution in [-0.2, 0) is 4.74 Å². The van der Waals surface area contributed by atoms with Crippen LogP contribution >= 0.6 is 0 Å². The summed E-state index contributed by atoms with van der Waals surface area (Å²) in [5, 5.41) is 0. The summed E-state index contributed by atoms with van der Waals surface area (Å²) < 4.78 is 10.5. The smallest absolute Gasteiger partial charge is 0.277 e. The van der Waals surface area contributed by atoms with Gasteiger partial charge in [-0.25, -0.2) is 4.98 Å². The summed E-state index contributed by atoms with van der Waals surface area (Å²) in [4.78, 5) is 17.3. The van der Waals surface area contributed by atoms with Gasteiger partial charge in [0.15, 0.2) is 5.69 Å². The molecule has 1 rings (SSSR count). The number of H-pyrrole nitrogens is 1. The van der Waals surface area contributed by atoms with Crippen LogP contribution < -0.4 is 16.0 Å². The van der Waals surface area contributed by atoms with Gasteiger partial charge in [-0.2, -0.15) is 0 Å². The van der Waals surface area contributed by atoms with E-state index in [1.54, 1.807) is 0 Å². The van der Waals surface area contributed by atoms with Crippen molar-refractivity contribution in [3.05, 3.63) is 16.7 Å². The lowest BCUT2D eigenvalue weighted by Gasteiger charge is -2.08. The third-order valence-corrected chi connectivity index (χ3v) is 1.77. The minimum atomic E-state index is -0.395. The van der Waals surface area contributed by atoms with Crippen LogP contribution in [0.1, 0.15) is 13.8 Å². The molecule has 90 valence electrons. The van der Waals surface area contributed by atoms with E-state index in [0.717, 1.165) is 0 Å². The van der Waals surface area contributed by atoms with Crippen molar-refractivity contribution < 1.29 is 9.47 Å². The maximum atomic E-state index is 11.1. The molecule has 0 unspecified atom stereocenters. The lowest BCUT2D eigenvalue weighted by Crippen LogP contribution is -2.16. The van der Waals surface area contributed by atoms with E-state index in [0.29, 0.717) is 25.7 Å². The fraction of sp³-hybridized carbons (Fsp3) is 0.600. The molecule has 1 aromatic heterocycles. The normalized spacial score (nSPS) is 10.7. The van der Waals surface area contributed by atoms with Crippen LogP contribution in [0.15, 0.2) is 11.1 Å². The second kappa shape index (κ2) is 6.12. The van der Waals surface area contributed by atoms with E-state index < -0.39 is 5.56 Å². The average molecular weight is 227 g/mol. The molecule has 0 fully saturated rings. The Bertz CT molecular complexity index is 376. The van der Waals surface area contributed by atoms with E-state index in [4.69, 9.17) is 15.2 Å². The maximum Gasteiger partial charge on any atom is 0.277 e. The van der Waals surface area contributed by atoms with E-state index in [1.165, 1.54) is 6.33 Å². The third-order valence-electron chi connectivity index (χ3n) is 1.77. The Morgan fingerprint density at radius 3 is 2.94 bits per heavy atom. The summed E-state index contributed by atoms with van der Waals surface area (Å²) in [6.45, 7) is 5.59. The monoisotopic (exact) mass is 227 g/mol. The van der Waals surface area contributed by atoms with Crippen molar-refractivity contribution in [1.82, 2.24) is 9.97 Å². The number of hydrogen-bond donors (Lipinski definition) is 2. The molecule has 0 spiro atoms. The Morgan fingerprint density at radius 1 is 1.50 bits per heavy atom. The number of aromatic amines is 1. The first-order valence-electron chi connectivity index (χ1n) is 5.15. The average Bonchev–Trinajstić information content (AvgIpc) is 2.23. The van der Waals surface area contributed by atoms with Crippen LogP contribution in [0.25, 0.3) is 0 Å². The fourth-order valence-electron chi connectivity index (χ4n) is 1.03. The predicted octanol–water partition coefficient (Wildman–Crippen LogP) is 0.404. The van der Waals surface area contributed by atoms with Gasteiger partial charge in [0.1, 0.15) is 6.61 Å². The van der Waals surface area contributed by atoms with Gasteiger partial charge in [0.2, 0.25) is 5.88 Å². The van der Waals surface area contributed by atoms with Gasteiger partial charge >= 0.3 is 0 Å². The van der Waals surface area contributed by atoms with Gasteiger partial charge in [0.05, 0.1) is 12.9 Å². The number of nitrogens with zero attached hydrogens (tertiary/aromatic N) is 1. The van der Waals surface area contributed by atoms with Crippen LogP contribution in [0.4, 0.5) is 5.69 Å². The number of nitrogens with two attached hydrogens (primary N) is 1. The molecule has 1 aromatic rings. The Morgan fingerprint density at radius 2 is 2.25 bits per heavy atom. The van der Waals surface area contributed by atoms with Crippen molar-refractivity contribution in [2.75, 3.05) is 25.6 Å². The largest absolute Gasteiger partial charge is 0.474 e. The summed E-state index contributed by atoms with van der Waals surface area (Å²) in [5.74, 6) is 0.639.